The summed E-state index contributed by atoms with van der Waals surface area (Å²) >= 11 is 0. The Kier molecular flexibility index (Phi) is 8.25. The molecule has 0 aliphatic carbocycles. The molecule has 0 saturated heterocycles. The molecule has 0 saturated carbocycles. The molecule has 116 valence electrons. The number of unbranched alkanes of at least 4 members (excludes halogenated alkanes) is 3. The Hall–Kier alpha value is -1.77. The summed E-state index contributed by atoms with van der Waals surface area (Å²) in [5.41, 5.74) is 1.14. The predicted molar refractivity (Wildman–Crippen MR) is 85.4 cm³/mol. The lowest BCUT2D eigenvalue weighted by Crippen LogP contribution is -2.00. The van der Waals surface area contributed by atoms with Crippen LogP contribution in [0.2, 0.25) is 0 Å². The molecule has 21 heavy (non-hydrogen) atoms. The van der Waals surface area contributed by atoms with Crippen molar-refractivity contribution in [2.75, 3.05) is 7.11 Å². The number of carbonyl (C=O) groups excluding carboxylic acids is 1. The van der Waals surface area contributed by atoms with E-state index in [9.17, 15) is 4.79 Å². The minimum atomic E-state index is -0.295. The highest BCUT2D eigenvalue weighted by atomic mass is 16.5. The van der Waals surface area contributed by atoms with Gasteiger partial charge in [-0.1, -0.05) is 50.8 Å². The molecule has 3 nitrogen and oxygen atoms in total. The Bertz CT molecular complexity index is 452. The topological polar surface area (TPSA) is 35.5 Å². The molecule has 0 aliphatic rings. The summed E-state index contributed by atoms with van der Waals surface area (Å²) in [5.74, 6) is 0.791. The predicted octanol–water partition coefficient (Wildman–Crippen LogP) is 4.83. The van der Waals surface area contributed by atoms with E-state index in [0.717, 1.165) is 24.2 Å². The zero-order valence-electron chi connectivity index (χ0n) is 13.3. The third-order valence-electron chi connectivity index (χ3n) is 3.45. The first-order valence-corrected chi connectivity index (χ1v) is 7.65. The Morgan fingerprint density at radius 2 is 2.00 bits per heavy atom. The molecule has 0 fully saturated rings. The number of rotatable bonds is 9. The summed E-state index contributed by atoms with van der Waals surface area (Å²) in [6.07, 6.45) is 9.34. The molecule has 0 aliphatic heterocycles. The summed E-state index contributed by atoms with van der Waals surface area (Å²) < 4.78 is 10.4. The van der Waals surface area contributed by atoms with Gasteiger partial charge in [0.25, 0.3) is 0 Å². The Morgan fingerprint density at radius 3 is 2.67 bits per heavy atom. The number of hydrogen-bond acceptors (Lipinski definition) is 3. The number of benzene rings is 1. The molecule has 1 aromatic carbocycles. The van der Waals surface area contributed by atoms with E-state index in [1.54, 1.807) is 7.11 Å². The van der Waals surface area contributed by atoms with Gasteiger partial charge in [-0.25, -0.2) is 0 Å². The molecule has 1 aromatic rings. The van der Waals surface area contributed by atoms with Crippen LogP contribution in [0.5, 0.6) is 5.75 Å². The van der Waals surface area contributed by atoms with E-state index in [0.29, 0.717) is 0 Å². The van der Waals surface area contributed by atoms with Crippen LogP contribution >= 0.6 is 0 Å². The smallest absolute Gasteiger partial charge is 0.307 e. The van der Waals surface area contributed by atoms with Crippen LogP contribution in [0.3, 0.4) is 0 Å². The Balaban J connectivity index is 2.79. The molecule has 0 heterocycles. The van der Waals surface area contributed by atoms with Crippen LogP contribution in [0.25, 0.3) is 0 Å². The number of methoxy groups -OCH3 is 1. The first-order valence-electron chi connectivity index (χ1n) is 7.65. The van der Waals surface area contributed by atoms with E-state index in [2.05, 4.69) is 13.0 Å². The SMILES string of the molecule is CCCCCC[C@@H](/C=C/OC(C)=O)c1ccccc1OC. The standard InChI is InChI=1S/C18H26O3/c1-4-5-6-7-10-16(13-14-21-15(2)19)17-11-8-9-12-18(17)20-3/h8-9,11-14,16H,4-7,10H2,1-3H3/b14-13+/t16-/m0/s1. The summed E-state index contributed by atoms with van der Waals surface area (Å²) in [5, 5.41) is 0. The van der Waals surface area contributed by atoms with Crippen molar-refractivity contribution in [1.82, 2.24) is 0 Å². The molecule has 0 amide bonds. The lowest BCUT2D eigenvalue weighted by molar-refractivity contribution is -0.135. The molecular formula is C18H26O3. The molecule has 3 heteroatoms. The second-order valence-electron chi connectivity index (χ2n) is 5.14. The van der Waals surface area contributed by atoms with Crippen molar-refractivity contribution in [2.45, 2.75) is 51.9 Å². The molecule has 0 spiro atoms. The summed E-state index contributed by atoms with van der Waals surface area (Å²) in [4.78, 5) is 10.9. The Labute approximate surface area is 128 Å². The van der Waals surface area contributed by atoms with Gasteiger partial charge >= 0.3 is 5.97 Å². The number of allylic oxidation sites excluding steroid dienone is 1. The molecule has 0 aromatic heterocycles. The lowest BCUT2D eigenvalue weighted by Gasteiger charge is -2.16. The van der Waals surface area contributed by atoms with Gasteiger partial charge in [0.1, 0.15) is 5.75 Å². The van der Waals surface area contributed by atoms with E-state index in [4.69, 9.17) is 9.47 Å². The molecule has 0 unspecified atom stereocenters. The zero-order valence-corrected chi connectivity index (χ0v) is 13.3. The zero-order chi connectivity index (χ0) is 15.5. The second-order valence-corrected chi connectivity index (χ2v) is 5.14. The number of hydrogen-bond donors (Lipinski definition) is 0. The molecule has 0 bridgehead atoms. The van der Waals surface area contributed by atoms with Gasteiger partial charge in [-0.15, -0.1) is 0 Å². The van der Waals surface area contributed by atoms with Gasteiger partial charge in [-0.05, 0) is 18.6 Å². The minimum Gasteiger partial charge on any atom is -0.496 e. The fraction of sp³-hybridized carbons (Fsp3) is 0.500. The van der Waals surface area contributed by atoms with E-state index in [1.807, 2.05) is 24.3 Å². The monoisotopic (exact) mass is 290 g/mol. The molecule has 1 rings (SSSR count). The van der Waals surface area contributed by atoms with Crippen molar-refractivity contribution in [3.8, 4) is 5.75 Å². The summed E-state index contributed by atoms with van der Waals surface area (Å²) in [6, 6.07) is 8.01. The van der Waals surface area contributed by atoms with Crippen LogP contribution in [-0.4, -0.2) is 13.1 Å². The highest BCUT2D eigenvalue weighted by Gasteiger charge is 2.13. The average molecular weight is 290 g/mol. The van der Waals surface area contributed by atoms with Gasteiger partial charge < -0.3 is 9.47 Å². The number of esters is 1. The van der Waals surface area contributed by atoms with Crippen LogP contribution in [0.15, 0.2) is 36.6 Å². The van der Waals surface area contributed by atoms with Crippen LogP contribution in [-0.2, 0) is 9.53 Å². The highest BCUT2D eigenvalue weighted by molar-refractivity contribution is 5.66. The molecule has 0 radical (unpaired) electrons. The van der Waals surface area contributed by atoms with Gasteiger partial charge in [0.05, 0.1) is 13.4 Å². The van der Waals surface area contributed by atoms with E-state index in [-0.39, 0.29) is 11.9 Å². The summed E-state index contributed by atoms with van der Waals surface area (Å²) in [7, 11) is 1.68. The van der Waals surface area contributed by atoms with Crippen molar-refractivity contribution >= 4 is 5.97 Å². The van der Waals surface area contributed by atoms with E-state index >= 15 is 0 Å². The van der Waals surface area contributed by atoms with Gasteiger partial charge in [-0.2, -0.15) is 0 Å². The van der Waals surface area contributed by atoms with Crippen LogP contribution in [0.1, 0.15) is 57.4 Å². The van der Waals surface area contributed by atoms with Crippen LogP contribution in [0.4, 0.5) is 0 Å². The maximum atomic E-state index is 10.9. The second kappa shape index (κ2) is 10.0. The first-order chi connectivity index (χ1) is 10.2. The minimum absolute atomic E-state index is 0.206. The maximum Gasteiger partial charge on any atom is 0.307 e. The lowest BCUT2D eigenvalue weighted by atomic mass is 9.92. The quantitative estimate of drug-likeness (QED) is 0.371. The van der Waals surface area contributed by atoms with E-state index < -0.39 is 0 Å². The maximum absolute atomic E-state index is 10.9. The number of carbonyl (C=O) groups is 1. The fourth-order valence-electron chi connectivity index (χ4n) is 2.35. The van der Waals surface area contributed by atoms with Crippen molar-refractivity contribution in [3.05, 3.63) is 42.2 Å². The fourth-order valence-corrected chi connectivity index (χ4v) is 2.35. The number of ether oxygens (including phenoxy) is 2. The molecular weight excluding hydrogens is 264 g/mol. The van der Waals surface area contributed by atoms with Gasteiger partial charge in [0.2, 0.25) is 0 Å². The van der Waals surface area contributed by atoms with Crippen molar-refractivity contribution in [1.29, 1.82) is 0 Å². The molecule has 1 atom stereocenters. The van der Waals surface area contributed by atoms with Crippen LogP contribution in [0, 0.1) is 0 Å². The van der Waals surface area contributed by atoms with Crippen LogP contribution < -0.4 is 4.74 Å². The largest absolute Gasteiger partial charge is 0.496 e. The first kappa shape index (κ1) is 17.3. The van der Waals surface area contributed by atoms with E-state index in [1.165, 1.54) is 32.4 Å². The summed E-state index contributed by atoms with van der Waals surface area (Å²) in [6.45, 7) is 3.61. The van der Waals surface area contributed by atoms with Gasteiger partial charge in [-0.3, -0.25) is 4.79 Å². The van der Waals surface area contributed by atoms with Crippen molar-refractivity contribution in [3.63, 3.8) is 0 Å². The highest BCUT2D eigenvalue weighted by Crippen LogP contribution is 2.31. The van der Waals surface area contributed by atoms with Gasteiger partial charge in [0.15, 0.2) is 0 Å². The van der Waals surface area contributed by atoms with Crippen molar-refractivity contribution in [2.24, 2.45) is 0 Å². The average Bonchev–Trinajstić information content (AvgIpc) is 2.49. The van der Waals surface area contributed by atoms with Crippen molar-refractivity contribution < 1.29 is 14.3 Å². The Morgan fingerprint density at radius 1 is 1.24 bits per heavy atom. The number of para-hydroxylation sites is 1. The normalized spacial score (nSPS) is 12.3. The third-order valence-corrected chi connectivity index (χ3v) is 3.45. The third kappa shape index (κ3) is 6.48. The van der Waals surface area contributed by atoms with Gasteiger partial charge in [0, 0.05) is 18.4 Å². The molecule has 0 N–H and O–H groups in total.